The summed E-state index contributed by atoms with van der Waals surface area (Å²) >= 11 is 1.68. The first-order valence-corrected chi connectivity index (χ1v) is 13.4. The van der Waals surface area contributed by atoms with E-state index >= 15 is 0 Å². The number of ketones is 1. The molecule has 5 unspecified atom stereocenters. The first-order valence-electron chi connectivity index (χ1n) is 12.5. The average Bonchev–Trinajstić information content (AvgIpc) is 3.19. The topological polar surface area (TPSA) is 76.5 Å². The van der Waals surface area contributed by atoms with Crippen LogP contribution in [0.15, 0.2) is 11.5 Å². The molecule has 6 atom stereocenters. The van der Waals surface area contributed by atoms with Gasteiger partial charge >= 0.3 is 5.97 Å². The van der Waals surface area contributed by atoms with Crippen molar-refractivity contribution < 1.29 is 19.4 Å². The van der Waals surface area contributed by atoms with Gasteiger partial charge in [0.2, 0.25) is 0 Å². The van der Waals surface area contributed by atoms with Gasteiger partial charge in [-0.25, -0.2) is 4.98 Å². The van der Waals surface area contributed by atoms with Crippen LogP contribution in [0.2, 0.25) is 0 Å². The van der Waals surface area contributed by atoms with Crippen LogP contribution >= 0.6 is 11.3 Å². The summed E-state index contributed by atoms with van der Waals surface area (Å²) < 4.78 is 5.20. The van der Waals surface area contributed by atoms with Crippen LogP contribution < -0.4 is 0 Å². The number of ether oxygens (including phenoxy) is 1. The molecule has 0 saturated carbocycles. The summed E-state index contributed by atoms with van der Waals surface area (Å²) in [5, 5.41) is 13.4. The van der Waals surface area contributed by atoms with Crippen molar-refractivity contribution in [1.82, 2.24) is 4.98 Å². The molecule has 1 aliphatic rings. The zero-order valence-electron chi connectivity index (χ0n) is 21.7. The summed E-state index contributed by atoms with van der Waals surface area (Å²) in [6, 6.07) is 0. The minimum Gasteiger partial charge on any atom is -0.466 e. The third kappa shape index (κ3) is 11.0. The SMILES string of the molecule is C/C=C\c1csc(C)n1.CC1CCCOC(=O)CC(O)C(C)C(=O)C(C)[C@@H](C)C(C)CCC1. The van der Waals surface area contributed by atoms with Gasteiger partial charge in [0.1, 0.15) is 5.78 Å². The molecular formula is C27H45NO4S. The Morgan fingerprint density at radius 1 is 1.06 bits per heavy atom. The second kappa shape index (κ2) is 15.4. The molecule has 2 heterocycles. The Balaban J connectivity index is 0.000000502. The number of aliphatic hydroxyl groups excluding tert-OH is 1. The fraction of sp³-hybridized carbons (Fsp3) is 0.741. The first kappa shape index (κ1) is 29.5. The normalized spacial score (nSPS) is 31.0. The third-order valence-corrected chi connectivity index (χ3v) is 7.76. The Hall–Kier alpha value is -1.53. The number of hydrogen-bond donors (Lipinski definition) is 1. The molecule has 0 aromatic carbocycles. The highest BCUT2D eigenvalue weighted by molar-refractivity contribution is 7.09. The van der Waals surface area contributed by atoms with E-state index in [-0.39, 0.29) is 24.0 Å². The van der Waals surface area contributed by atoms with Gasteiger partial charge in [-0.15, -0.1) is 11.3 Å². The molecule has 33 heavy (non-hydrogen) atoms. The van der Waals surface area contributed by atoms with Gasteiger partial charge in [0.25, 0.3) is 0 Å². The lowest BCUT2D eigenvalue weighted by atomic mass is 9.76. The lowest BCUT2D eigenvalue weighted by Crippen LogP contribution is -2.35. The number of carbonyl (C=O) groups is 2. The highest BCUT2D eigenvalue weighted by Gasteiger charge is 2.32. The van der Waals surface area contributed by atoms with Gasteiger partial charge in [0.15, 0.2) is 0 Å². The smallest absolute Gasteiger partial charge is 0.308 e. The second-order valence-electron chi connectivity index (χ2n) is 9.78. The van der Waals surface area contributed by atoms with Crippen molar-refractivity contribution in [1.29, 1.82) is 0 Å². The second-order valence-corrected chi connectivity index (χ2v) is 10.8. The van der Waals surface area contributed by atoms with Gasteiger partial charge < -0.3 is 9.84 Å². The van der Waals surface area contributed by atoms with E-state index in [4.69, 9.17) is 4.74 Å². The molecule has 0 spiro atoms. The Labute approximate surface area is 205 Å². The van der Waals surface area contributed by atoms with Gasteiger partial charge in [0.05, 0.1) is 29.8 Å². The van der Waals surface area contributed by atoms with Crippen molar-refractivity contribution in [2.24, 2.45) is 29.6 Å². The number of hydrogen-bond acceptors (Lipinski definition) is 6. The fourth-order valence-corrected chi connectivity index (χ4v) is 4.78. The van der Waals surface area contributed by atoms with Crippen molar-refractivity contribution in [3.8, 4) is 0 Å². The molecule has 0 aliphatic carbocycles. The highest BCUT2D eigenvalue weighted by atomic mass is 32.1. The maximum Gasteiger partial charge on any atom is 0.308 e. The summed E-state index contributed by atoms with van der Waals surface area (Å²) in [5.41, 5.74) is 1.07. The number of aryl methyl sites for hydroxylation is 1. The Morgan fingerprint density at radius 3 is 2.33 bits per heavy atom. The summed E-state index contributed by atoms with van der Waals surface area (Å²) in [6.07, 6.45) is 8.35. The van der Waals surface area contributed by atoms with Gasteiger partial charge in [-0.3, -0.25) is 9.59 Å². The van der Waals surface area contributed by atoms with Gasteiger partial charge in [-0.2, -0.15) is 0 Å². The maximum atomic E-state index is 12.7. The number of aliphatic hydroxyl groups is 1. The quantitative estimate of drug-likeness (QED) is 0.467. The van der Waals surface area contributed by atoms with Crippen LogP contribution in [0, 0.1) is 36.5 Å². The van der Waals surface area contributed by atoms with Gasteiger partial charge in [-0.1, -0.05) is 60.0 Å². The Morgan fingerprint density at radius 2 is 1.73 bits per heavy atom. The van der Waals surface area contributed by atoms with E-state index in [1.54, 1.807) is 18.3 Å². The van der Waals surface area contributed by atoms with Crippen LogP contribution in [-0.2, 0) is 14.3 Å². The van der Waals surface area contributed by atoms with E-state index in [2.05, 4.69) is 31.1 Å². The molecule has 0 amide bonds. The standard InChI is InChI=1S/C20H36O4.C7H9NS/c1-13-8-6-10-14(2)15(3)16(4)20(23)17(5)18(21)12-19(22)24-11-7-9-13;1-3-4-7-5-9-6(2)8-7/h13-18,21H,6-12H2,1-5H3;3-5H,1-2H3/b;4-3-/t13?,14?,15-,16?,17?,18?;/m0./s1. The zero-order chi connectivity index (χ0) is 25.0. The molecule has 188 valence electrons. The molecule has 2 rings (SSSR count). The summed E-state index contributed by atoms with van der Waals surface area (Å²) in [6.45, 7) is 14.7. The molecule has 1 N–H and O–H groups in total. The van der Waals surface area contributed by atoms with E-state index in [0.717, 1.165) is 30.0 Å². The number of cyclic esters (lactones) is 1. The number of rotatable bonds is 1. The van der Waals surface area contributed by atoms with Gasteiger partial charge in [-0.05, 0) is 50.5 Å². The minimum atomic E-state index is -0.957. The van der Waals surface area contributed by atoms with Crippen LogP contribution in [0.1, 0.15) is 90.8 Å². The average molecular weight is 480 g/mol. The third-order valence-electron chi connectivity index (χ3n) is 6.97. The van der Waals surface area contributed by atoms with Crippen molar-refractivity contribution in [3.05, 3.63) is 22.2 Å². The molecule has 1 aliphatic heterocycles. The minimum absolute atomic E-state index is 0.0510. The van der Waals surface area contributed by atoms with Crippen molar-refractivity contribution in [2.45, 2.75) is 93.1 Å². The van der Waals surface area contributed by atoms with Crippen LogP contribution in [-0.4, -0.2) is 34.6 Å². The molecule has 1 saturated heterocycles. The largest absolute Gasteiger partial charge is 0.466 e. The number of carbonyl (C=O) groups excluding carboxylic acids is 2. The lowest BCUT2D eigenvalue weighted by molar-refractivity contribution is -0.147. The molecular weight excluding hydrogens is 434 g/mol. The summed E-state index contributed by atoms with van der Waals surface area (Å²) in [7, 11) is 0. The van der Waals surface area contributed by atoms with Crippen molar-refractivity contribution in [3.63, 3.8) is 0 Å². The van der Waals surface area contributed by atoms with Crippen LogP contribution in [0.4, 0.5) is 0 Å². The number of esters is 1. The molecule has 0 bridgehead atoms. The molecule has 1 fully saturated rings. The lowest BCUT2D eigenvalue weighted by Gasteiger charge is -2.29. The number of aromatic nitrogens is 1. The highest BCUT2D eigenvalue weighted by Crippen LogP contribution is 2.29. The number of Topliss-reactive ketones (excluding diaryl/α,β-unsaturated/α-hetero) is 1. The Bertz CT molecular complexity index is 744. The van der Waals surface area contributed by atoms with Crippen LogP contribution in [0.5, 0.6) is 0 Å². The van der Waals surface area contributed by atoms with Crippen molar-refractivity contribution >= 4 is 29.2 Å². The molecule has 5 nitrogen and oxygen atoms in total. The molecule has 1 aromatic heterocycles. The van der Waals surface area contributed by atoms with E-state index in [1.165, 1.54) is 12.8 Å². The van der Waals surface area contributed by atoms with E-state index < -0.39 is 18.0 Å². The molecule has 1 aromatic rings. The number of allylic oxidation sites excluding steroid dienone is 1. The van der Waals surface area contributed by atoms with E-state index in [0.29, 0.717) is 18.4 Å². The monoisotopic (exact) mass is 479 g/mol. The summed E-state index contributed by atoms with van der Waals surface area (Å²) in [5.74, 6) is 0.400. The first-order chi connectivity index (χ1) is 15.6. The fourth-order valence-electron chi connectivity index (χ4n) is 4.20. The summed E-state index contributed by atoms with van der Waals surface area (Å²) in [4.78, 5) is 28.7. The van der Waals surface area contributed by atoms with Crippen molar-refractivity contribution in [2.75, 3.05) is 6.61 Å². The van der Waals surface area contributed by atoms with Gasteiger partial charge in [0, 0.05) is 17.2 Å². The predicted octanol–water partition coefficient (Wildman–Crippen LogP) is 6.48. The van der Waals surface area contributed by atoms with E-state index in [9.17, 15) is 14.7 Å². The molecule has 6 heteroatoms. The van der Waals surface area contributed by atoms with Crippen LogP contribution in [0.3, 0.4) is 0 Å². The molecule has 0 radical (unpaired) electrons. The Kier molecular flexibility index (Phi) is 13.8. The number of thiazole rings is 1. The van der Waals surface area contributed by atoms with Crippen LogP contribution in [0.25, 0.3) is 6.08 Å². The zero-order valence-corrected chi connectivity index (χ0v) is 22.5. The maximum absolute atomic E-state index is 12.7. The number of nitrogens with zero attached hydrogens (tertiary/aromatic N) is 1. The van der Waals surface area contributed by atoms with E-state index in [1.807, 2.05) is 32.9 Å². The predicted molar refractivity (Wildman–Crippen MR) is 137 cm³/mol.